The second-order valence-corrected chi connectivity index (χ2v) is 8.01. The van der Waals surface area contributed by atoms with Crippen molar-refractivity contribution in [1.82, 2.24) is 23.6 Å². The predicted octanol–water partition coefficient (Wildman–Crippen LogP) is 0.129. The van der Waals surface area contributed by atoms with Crippen LogP contribution in [0.1, 0.15) is 5.56 Å². The molecule has 32 heavy (non-hydrogen) atoms. The van der Waals surface area contributed by atoms with E-state index in [0.29, 0.717) is 49.1 Å². The third-order valence-electron chi connectivity index (χ3n) is 6.02. The number of aromatic nitrogens is 4. The SMILES string of the molecule is Cn1c(=O)c2c(nc3n2CC(c2ccc(F)cc2)=NN3CCN2CCOCC2)n(C)c1=O. The van der Waals surface area contributed by atoms with E-state index in [1.54, 1.807) is 28.8 Å². The van der Waals surface area contributed by atoms with E-state index >= 15 is 0 Å². The molecule has 0 atom stereocenters. The summed E-state index contributed by atoms with van der Waals surface area (Å²) >= 11 is 0. The van der Waals surface area contributed by atoms with Crippen LogP contribution in [0.4, 0.5) is 10.3 Å². The lowest BCUT2D eigenvalue weighted by atomic mass is 10.1. The van der Waals surface area contributed by atoms with Gasteiger partial charge in [0.25, 0.3) is 5.56 Å². The molecular formula is C21H24FN7O3. The van der Waals surface area contributed by atoms with Crippen molar-refractivity contribution in [1.29, 1.82) is 0 Å². The van der Waals surface area contributed by atoms with Gasteiger partial charge in [-0.2, -0.15) is 10.1 Å². The largest absolute Gasteiger partial charge is 0.379 e. The molecule has 2 aromatic heterocycles. The predicted molar refractivity (Wildman–Crippen MR) is 118 cm³/mol. The van der Waals surface area contributed by atoms with E-state index in [1.165, 1.54) is 23.7 Å². The standard InChI is InChI=1S/C21H24FN7O3/c1-25-18-17(19(30)26(2)21(25)31)28-13-16(14-3-5-15(22)6-4-14)24-29(20(28)23-18)8-7-27-9-11-32-12-10-27/h3-6H,7-13H2,1-2H3. The first kappa shape index (κ1) is 20.6. The van der Waals surface area contributed by atoms with Gasteiger partial charge < -0.3 is 4.74 Å². The Kier molecular flexibility index (Phi) is 5.14. The summed E-state index contributed by atoms with van der Waals surface area (Å²) in [5.74, 6) is 0.185. The van der Waals surface area contributed by atoms with Gasteiger partial charge in [-0.25, -0.2) is 14.2 Å². The van der Waals surface area contributed by atoms with Crippen molar-refractivity contribution in [2.75, 3.05) is 44.4 Å². The third-order valence-corrected chi connectivity index (χ3v) is 6.02. The molecule has 5 rings (SSSR count). The zero-order valence-corrected chi connectivity index (χ0v) is 18.0. The molecule has 3 aromatic rings. The molecule has 0 amide bonds. The van der Waals surface area contributed by atoms with E-state index in [0.717, 1.165) is 29.8 Å². The van der Waals surface area contributed by atoms with Crippen molar-refractivity contribution in [2.24, 2.45) is 19.2 Å². The molecular weight excluding hydrogens is 417 g/mol. The highest BCUT2D eigenvalue weighted by Crippen LogP contribution is 2.25. The van der Waals surface area contributed by atoms with E-state index in [9.17, 15) is 14.0 Å². The molecule has 1 aromatic carbocycles. The van der Waals surface area contributed by atoms with Gasteiger partial charge in [0, 0.05) is 33.7 Å². The van der Waals surface area contributed by atoms with Gasteiger partial charge in [0.05, 0.1) is 32.0 Å². The molecule has 0 unspecified atom stereocenters. The first-order valence-corrected chi connectivity index (χ1v) is 10.5. The number of hydrogen-bond donors (Lipinski definition) is 0. The van der Waals surface area contributed by atoms with Gasteiger partial charge in [0.15, 0.2) is 11.2 Å². The molecule has 10 nitrogen and oxygen atoms in total. The van der Waals surface area contributed by atoms with Crippen LogP contribution in [0.5, 0.6) is 0 Å². The molecule has 0 aliphatic carbocycles. The topological polar surface area (TPSA) is 89.9 Å². The minimum Gasteiger partial charge on any atom is -0.379 e. The number of halogens is 1. The van der Waals surface area contributed by atoms with Gasteiger partial charge in [-0.15, -0.1) is 0 Å². The molecule has 0 spiro atoms. The van der Waals surface area contributed by atoms with Gasteiger partial charge in [-0.1, -0.05) is 12.1 Å². The third kappa shape index (κ3) is 3.43. The molecule has 4 heterocycles. The van der Waals surface area contributed by atoms with Crippen LogP contribution in [0.25, 0.3) is 11.2 Å². The highest BCUT2D eigenvalue weighted by molar-refractivity contribution is 6.02. The summed E-state index contributed by atoms with van der Waals surface area (Å²) in [5, 5.41) is 6.56. The Balaban J connectivity index is 1.61. The summed E-state index contributed by atoms with van der Waals surface area (Å²) in [7, 11) is 3.06. The zero-order valence-electron chi connectivity index (χ0n) is 18.0. The molecule has 1 saturated heterocycles. The second-order valence-electron chi connectivity index (χ2n) is 8.01. The summed E-state index contributed by atoms with van der Waals surface area (Å²) in [6, 6.07) is 6.12. The first-order valence-electron chi connectivity index (χ1n) is 10.5. The zero-order chi connectivity index (χ0) is 22.4. The van der Waals surface area contributed by atoms with Gasteiger partial charge in [0.2, 0.25) is 5.95 Å². The van der Waals surface area contributed by atoms with Crippen molar-refractivity contribution < 1.29 is 9.13 Å². The quantitative estimate of drug-likeness (QED) is 0.572. The molecule has 0 N–H and O–H groups in total. The number of hydrogen-bond acceptors (Lipinski definition) is 7. The van der Waals surface area contributed by atoms with E-state index in [4.69, 9.17) is 9.84 Å². The summed E-state index contributed by atoms with van der Waals surface area (Å²) < 4.78 is 23.1. The van der Waals surface area contributed by atoms with E-state index in [2.05, 4.69) is 9.88 Å². The highest BCUT2D eigenvalue weighted by atomic mass is 19.1. The van der Waals surface area contributed by atoms with Crippen LogP contribution in [0.2, 0.25) is 0 Å². The normalized spacial score (nSPS) is 17.0. The van der Waals surface area contributed by atoms with Crippen molar-refractivity contribution in [3.8, 4) is 0 Å². The van der Waals surface area contributed by atoms with Gasteiger partial charge in [0.1, 0.15) is 5.82 Å². The van der Waals surface area contributed by atoms with E-state index < -0.39 is 11.2 Å². The first-order chi connectivity index (χ1) is 15.4. The van der Waals surface area contributed by atoms with Crippen LogP contribution < -0.4 is 16.3 Å². The molecule has 168 valence electrons. The fraction of sp³-hybridized carbons (Fsp3) is 0.429. The monoisotopic (exact) mass is 441 g/mol. The Labute approximate surface area is 182 Å². The van der Waals surface area contributed by atoms with Gasteiger partial charge in [-0.3, -0.25) is 23.4 Å². The van der Waals surface area contributed by atoms with Gasteiger partial charge >= 0.3 is 5.69 Å². The van der Waals surface area contributed by atoms with Gasteiger partial charge in [-0.05, 0) is 17.7 Å². The Bertz CT molecular complexity index is 1320. The number of nitrogens with zero attached hydrogens (tertiary/aromatic N) is 7. The highest BCUT2D eigenvalue weighted by Gasteiger charge is 2.28. The van der Waals surface area contributed by atoms with Crippen LogP contribution in [-0.4, -0.2) is 68.7 Å². The van der Waals surface area contributed by atoms with Crippen molar-refractivity contribution in [2.45, 2.75) is 6.54 Å². The number of morpholine rings is 1. The fourth-order valence-electron chi connectivity index (χ4n) is 4.16. The number of ether oxygens (including phenoxy) is 1. The summed E-state index contributed by atoms with van der Waals surface area (Å²) in [6.45, 7) is 4.65. The Hall–Kier alpha value is -3.31. The number of anilines is 1. The van der Waals surface area contributed by atoms with E-state index in [1.807, 2.05) is 0 Å². The number of benzene rings is 1. The minimum atomic E-state index is -0.433. The summed E-state index contributed by atoms with van der Waals surface area (Å²) in [6.07, 6.45) is 0. The molecule has 11 heteroatoms. The van der Waals surface area contributed by atoms with Crippen LogP contribution in [0.3, 0.4) is 0 Å². The number of aryl methyl sites for hydroxylation is 1. The maximum absolute atomic E-state index is 13.5. The summed E-state index contributed by atoms with van der Waals surface area (Å²) in [4.78, 5) is 32.3. The number of hydrazone groups is 1. The fourth-order valence-corrected chi connectivity index (χ4v) is 4.16. The lowest BCUT2D eigenvalue weighted by Crippen LogP contribution is -2.42. The summed E-state index contributed by atoms with van der Waals surface area (Å²) in [5.41, 5.74) is 1.27. The Morgan fingerprint density at radius 1 is 1.03 bits per heavy atom. The van der Waals surface area contributed by atoms with Crippen molar-refractivity contribution >= 4 is 22.8 Å². The van der Waals surface area contributed by atoms with Crippen LogP contribution in [0.15, 0.2) is 39.0 Å². The molecule has 0 saturated carbocycles. The Morgan fingerprint density at radius 2 is 1.75 bits per heavy atom. The van der Waals surface area contributed by atoms with Crippen molar-refractivity contribution in [3.05, 3.63) is 56.5 Å². The molecule has 1 fully saturated rings. The minimum absolute atomic E-state index is 0.291. The van der Waals surface area contributed by atoms with Crippen LogP contribution in [0, 0.1) is 5.82 Å². The maximum atomic E-state index is 13.5. The Morgan fingerprint density at radius 3 is 2.47 bits per heavy atom. The second kappa shape index (κ2) is 7.99. The molecule has 0 bridgehead atoms. The maximum Gasteiger partial charge on any atom is 0.332 e. The average Bonchev–Trinajstić information content (AvgIpc) is 3.21. The van der Waals surface area contributed by atoms with E-state index in [-0.39, 0.29) is 5.82 Å². The van der Waals surface area contributed by atoms with Crippen molar-refractivity contribution in [3.63, 3.8) is 0 Å². The smallest absolute Gasteiger partial charge is 0.332 e. The average molecular weight is 441 g/mol. The van der Waals surface area contributed by atoms with Crippen LogP contribution in [-0.2, 0) is 25.4 Å². The molecule has 2 aliphatic heterocycles. The van der Waals surface area contributed by atoms with Crippen LogP contribution >= 0.6 is 0 Å². The number of imidazole rings is 1. The number of fused-ring (bicyclic) bond motifs is 3. The lowest BCUT2D eigenvalue weighted by molar-refractivity contribution is 0.0391. The molecule has 2 aliphatic rings. The lowest BCUT2D eigenvalue weighted by Gasteiger charge is -2.30. The molecule has 0 radical (unpaired) electrons. The number of rotatable bonds is 4.